The molecule has 3 unspecified atom stereocenters. The fourth-order valence-corrected chi connectivity index (χ4v) is 3.69. The van der Waals surface area contributed by atoms with Gasteiger partial charge in [-0.05, 0) is 37.2 Å². The van der Waals surface area contributed by atoms with Crippen molar-refractivity contribution < 1.29 is 9.90 Å². The first kappa shape index (κ1) is 14.3. The second-order valence-corrected chi connectivity index (χ2v) is 6.47. The van der Waals surface area contributed by atoms with Crippen LogP contribution in [-0.4, -0.2) is 38.8 Å². The predicted molar refractivity (Wildman–Crippen MR) is 79.8 cm³/mol. The van der Waals surface area contributed by atoms with Gasteiger partial charge in [-0.1, -0.05) is 18.6 Å². The Hall–Kier alpha value is -1.62. The highest BCUT2D eigenvalue weighted by Gasteiger charge is 2.35. The maximum Gasteiger partial charge on any atom is 0.321 e. The lowest BCUT2D eigenvalue weighted by Crippen LogP contribution is -2.48. The minimum absolute atomic E-state index is 0.433. The van der Waals surface area contributed by atoms with Gasteiger partial charge in [-0.2, -0.15) is 5.10 Å². The number of rotatable bonds is 3. The van der Waals surface area contributed by atoms with E-state index in [4.69, 9.17) is 0 Å². The number of nitrogens with one attached hydrogen (secondary N) is 1. The number of aromatic amines is 1. The van der Waals surface area contributed by atoms with Gasteiger partial charge in [0.2, 0.25) is 0 Å². The van der Waals surface area contributed by atoms with Gasteiger partial charge in [0.05, 0.1) is 11.9 Å². The Morgan fingerprint density at radius 3 is 3.10 bits per heavy atom. The van der Waals surface area contributed by atoms with Gasteiger partial charge < -0.3 is 5.11 Å². The van der Waals surface area contributed by atoms with Crippen LogP contribution in [0.15, 0.2) is 17.8 Å². The van der Waals surface area contributed by atoms with Gasteiger partial charge in [0.25, 0.3) is 0 Å². The largest absolute Gasteiger partial charge is 0.480 e. The van der Waals surface area contributed by atoms with Crippen LogP contribution in [0.5, 0.6) is 0 Å². The number of carbonyl (C=O) groups is 1. The third kappa shape index (κ3) is 2.75. The van der Waals surface area contributed by atoms with Gasteiger partial charge in [0.1, 0.15) is 6.04 Å². The summed E-state index contributed by atoms with van der Waals surface area (Å²) in [6, 6.07) is -0.433. The second kappa shape index (κ2) is 5.64. The molecular weight excluding hydrogens is 266 g/mol. The molecule has 0 bridgehead atoms. The zero-order valence-corrected chi connectivity index (χ0v) is 12.7. The minimum Gasteiger partial charge on any atom is -0.480 e. The van der Waals surface area contributed by atoms with Crippen molar-refractivity contribution in [2.24, 2.45) is 11.8 Å². The van der Waals surface area contributed by atoms with E-state index < -0.39 is 12.0 Å². The molecule has 0 radical (unpaired) electrons. The van der Waals surface area contributed by atoms with Crippen LogP contribution >= 0.6 is 0 Å². The van der Waals surface area contributed by atoms with Crippen LogP contribution < -0.4 is 0 Å². The summed E-state index contributed by atoms with van der Waals surface area (Å²) in [5.41, 5.74) is 3.52. The highest BCUT2D eigenvalue weighted by Crippen LogP contribution is 2.33. The lowest BCUT2D eigenvalue weighted by Gasteiger charge is -2.38. The fourth-order valence-electron chi connectivity index (χ4n) is 3.69. The van der Waals surface area contributed by atoms with Crippen LogP contribution in [0, 0.1) is 11.8 Å². The molecule has 0 amide bonds. The number of carboxylic acids is 1. The molecule has 3 rings (SSSR count). The first-order valence-electron chi connectivity index (χ1n) is 7.71. The highest BCUT2D eigenvalue weighted by molar-refractivity contribution is 5.74. The van der Waals surface area contributed by atoms with Crippen molar-refractivity contribution >= 4 is 5.97 Å². The molecule has 2 aliphatic rings. The van der Waals surface area contributed by atoms with Crippen LogP contribution in [0.25, 0.3) is 0 Å². The second-order valence-electron chi connectivity index (χ2n) is 6.47. The number of hydrogen-bond donors (Lipinski definition) is 2. The van der Waals surface area contributed by atoms with Crippen molar-refractivity contribution in [1.82, 2.24) is 15.1 Å². The fraction of sp³-hybridized carbons (Fsp3) is 0.625. The lowest BCUT2D eigenvalue weighted by molar-refractivity contribution is -0.144. The first-order chi connectivity index (χ1) is 10.1. The van der Waals surface area contributed by atoms with E-state index in [0.29, 0.717) is 24.8 Å². The van der Waals surface area contributed by atoms with Crippen LogP contribution in [0.1, 0.15) is 37.9 Å². The summed E-state index contributed by atoms with van der Waals surface area (Å²) in [5.74, 6) is 0.352. The van der Waals surface area contributed by atoms with E-state index >= 15 is 0 Å². The number of aliphatic carboxylic acids is 1. The summed E-state index contributed by atoms with van der Waals surface area (Å²) in [4.78, 5) is 13.7. The molecule has 114 valence electrons. The minimum atomic E-state index is -0.730. The van der Waals surface area contributed by atoms with Crippen LogP contribution in [0.2, 0.25) is 0 Å². The third-order valence-corrected chi connectivity index (χ3v) is 5.10. The molecule has 2 heterocycles. The van der Waals surface area contributed by atoms with E-state index in [1.165, 1.54) is 12.0 Å². The Bertz CT molecular complexity index is 564. The molecule has 1 aliphatic carbocycles. The molecule has 2 N–H and O–H groups in total. The Labute approximate surface area is 125 Å². The molecule has 1 aliphatic heterocycles. The normalized spacial score (nSPS) is 29.8. The van der Waals surface area contributed by atoms with Crippen LogP contribution in [0.4, 0.5) is 0 Å². The molecule has 0 spiro atoms. The van der Waals surface area contributed by atoms with Gasteiger partial charge in [-0.15, -0.1) is 0 Å². The van der Waals surface area contributed by atoms with Crippen LogP contribution in [0.3, 0.4) is 0 Å². The molecule has 5 nitrogen and oxygen atoms in total. The van der Waals surface area contributed by atoms with Crippen molar-refractivity contribution in [3.63, 3.8) is 0 Å². The standard InChI is InChI=1S/C16H23N3O2/c1-10-4-3-5-11(2)13(10)8-19-9-14-12(7-17-18-14)6-15(19)16(20)21/h4,7,11,13,15H,3,5-6,8-9H2,1-2H3,(H,17,18)(H,20,21). The quantitative estimate of drug-likeness (QED) is 0.837. The maximum atomic E-state index is 11.6. The zero-order chi connectivity index (χ0) is 15.0. The highest BCUT2D eigenvalue weighted by atomic mass is 16.4. The molecule has 21 heavy (non-hydrogen) atoms. The molecular formula is C16H23N3O2. The van der Waals surface area contributed by atoms with Gasteiger partial charge in [0.15, 0.2) is 0 Å². The van der Waals surface area contributed by atoms with Crippen molar-refractivity contribution in [1.29, 1.82) is 0 Å². The van der Waals surface area contributed by atoms with E-state index in [-0.39, 0.29) is 0 Å². The predicted octanol–water partition coefficient (Wildman–Crippen LogP) is 2.21. The topological polar surface area (TPSA) is 69.2 Å². The smallest absolute Gasteiger partial charge is 0.321 e. The Kier molecular flexibility index (Phi) is 3.85. The number of H-pyrrole nitrogens is 1. The van der Waals surface area contributed by atoms with Gasteiger partial charge in [-0.3, -0.25) is 14.8 Å². The average Bonchev–Trinajstić information content (AvgIpc) is 2.89. The Morgan fingerprint density at radius 2 is 2.38 bits per heavy atom. The summed E-state index contributed by atoms with van der Waals surface area (Å²) in [6.45, 7) is 5.94. The molecule has 0 fully saturated rings. The summed E-state index contributed by atoms with van der Waals surface area (Å²) >= 11 is 0. The molecule has 1 aromatic rings. The zero-order valence-electron chi connectivity index (χ0n) is 12.7. The van der Waals surface area contributed by atoms with E-state index in [1.807, 2.05) is 0 Å². The molecule has 1 aromatic heterocycles. The summed E-state index contributed by atoms with van der Waals surface area (Å²) < 4.78 is 0. The van der Waals surface area contributed by atoms with Crippen molar-refractivity contribution in [3.05, 3.63) is 29.1 Å². The van der Waals surface area contributed by atoms with E-state index in [2.05, 4.69) is 35.0 Å². The number of carboxylic acid groups (broad SMARTS) is 1. The number of nitrogens with zero attached hydrogens (tertiary/aromatic N) is 2. The average molecular weight is 289 g/mol. The maximum absolute atomic E-state index is 11.6. The molecule has 3 atom stereocenters. The van der Waals surface area contributed by atoms with Gasteiger partial charge in [-0.25, -0.2) is 0 Å². The van der Waals surface area contributed by atoms with Gasteiger partial charge in [0, 0.05) is 19.5 Å². The van der Waals surface area contributed by atoms with E-state index in [9.17, 15) is 9.90 Å². The number of aromatic nitrogens is 2. The Morgan fingerprint density at radius 1 is 1.57 bits per heavy atom. The van der Waals surface area contributed by atoms with E-state index in [0.717, 1.165) is 24.2 Å². The summed E-state index contributed by atoms with van der Waals surface area (Å²) in [5, 5.41) is 16.6. The number of hydrogen-bond acceptors (Lipinski definition) is 3. The molecule has 0 saturated carbocycles. The Balaban J connectivity index is 1.81. The third-order valence-electron chi connectivity index (χ3n) is 5.10. The van der Waals surface area contributed by atoms with Crippen molar-refractivity contribution in [3.8, 4) is 0 Å². The first-order valence-corrected chi connectivity index (χ1v) is 7.71. The van der Waals surface area contributed by atoms with E-state index in [1.54, 1.807) is 6.20 Å². The molecule has 5 heteroatoms. The lowest BCUT2D eigenvalue weighted by atomic mass is 9.79. The SMILES string of the molecule is CC1=CCCC(C)C1CN1Cc2[nH]ncc2CC1C(=O)O. The monoisotopic (exact) mass is 289 g/mol. The number of fused-ring (bicyclic) bond motifs is 1. The van der Waals surface area contributed by atoms with Crippen molar-refractivity contribution in [2.45, 2.75) is 45.7 Å². The molecule has 0 aromatic carbocycles. The van der Waals surface area contributed by atoms with Gasteiger partial charge >= 0.3 is 5.97 Å². The summed E-state index contributed by atoms with van der Waals surface area (Å²) in [7, 11) is 0. The van der Waals surface area contributed by atoms with Crippen LogP contribution in [-0.2, 0) is 17.8 Å². The van der Waals surface area contributed by atoms with Crippen molar-refractivity contribution in [2.75, 3.05) is 6.54 Å². The summed E-state index contributed by atoms with van der Waals surface area (Å²) in [6.07, 6.45) is 6.97. The number of allylic oxidation sites excluding steroid dienone is 1. The molecule has 0 saturated heterocycles.